The molecule has 0 aliphatic heterocycles. The maximum absolute atomic E-state index is 12.7. The van der Waals surface area contributed by atoms with E-state index in [9.17, 15) is 4.79 Å². The molecular formula is C23H24N4OS. The van der Waals surface area contributed by atoms with Crippen LogP contribution in [0, 0.1) is 34.6 Å². The van der Waals surface area contributed by atoms with E-state index in [0.29, 0.717) is 12.2 Å². The van der Waals surface area contributed by atoms with Crippen LogP contribution in [0.1, 0.15) is 33.5 Å². The highest BCUT2D eigenvalue weighted by molar-refractivity contribution is 7.20. The first-order valence-corrected chi connectivity index (χ1v) is 10.4. The molecule has 6 heteroatoms. The van der Waals surface area contributed by atoms with Crippen LogP contribution in [-0.2, 0) is 11.2 Å². The number of aromatic nitrogens is 3. The van der Waals surface area contributed by atoms with E-state index in [-0.39, 0.29) is 5.91 Å². The van der Waals surface area contributed by atoms with Crippen LogP contribution in [0.2, 0.25) is 0 Å². The third kappa shape index (κ3) is 3.93. The first-order chi connectivity index (χ1) is 13.8. The zero-order valence-electron chi connectivity index (χ0n) is 17.3. The minimum absolute atomic E-state index is 0.0624. The van der Waals surface area contributed by atoms with Crippen molar-refractivity contribution in [1.29, 1.82) is 0 Å². The molecule has 4 rings (SSSR count). The molecule has 0 bridgehead atoms. The van der Waals surface area contributed by atoms with Gasteiger partial charge in [-0.2, -0.15) is 9.78 Å². The van der Waals surface area contributed by atoms with Crippen LogP contribution >= 0.6 is 11.3 Å². The monoisotopic (exact) mass is 404 g/mol. The molecule has 0 saturated heterocycles. The number of hydrogen-bond donors (Lipinski definition) is 1. The first-order valence-electron chi connectivity index (χ1n) is 9.61. The molecule has 0 atom stereocenters. The van der Waals surface area contributed by atoms with E-state index in [0.717, 1.165) is 37.7 Å². The quantitative estimate of drug-likeness (QED) is 0.508. The summed E-state index contributed by atoms with van der Waals surface area (Å²) in [4.78, 5) is 17.5. The molecular weight excluding hydrogens is 380 g/mol. The fourth-order valence-corrected chi connectivity index (χ4v) is 4.35. The summed E-state index contributed by atoms with van der Waals surface area (Å²) < 4.78 is 2.84. The second kappa shape index (κ2) is 7.44. The molecule has 0 radical (unpaired) electrons. The van der Waals surface area contributed by atoms with Crippen LogP contribution < -0.4 is 5.32 Å². The largest absolute Gasteiger partial charge is 0.310 e. The fourth-order valence-electron chi connectivity index (χ4n) is 3.34. The second-order valence-electron chi connectivity index (χ2n) is 7.64. The van der Waals surface area contributed by atoms with E-state index >= 15 is 0 Å². The number of nitrogens with zero attached hydrogens (tertiary/aromatic N) is 3. The Balaban J connectivity index is 1.63. The Morgan fingerprint density at radius 2 is 1.76 bits per heavy atom. The van der Waals surface area contributed by atoms with Gasteiger partial charge in [0.15, 0.2) is 0 Å². The smallest absolute Gasteiger partial charge is 0.229 e. The standard InChI is InChI=1S/C23H24N4OS/c1-13-6-7-14(2)18(8-13)12-22(28)25-21-11-17(5)26-27(21)23-24-19-9-15(3)16(4)10-20(19)29-23/h6-11H,12H2,1-5H3,(H,25,28). The van der Waals surface area contributed by atoms with Gasteiger partial charge < -0.3 is 5.32 Å². The number of carbonyl (C=O) groups excluding carboxylic acids is 1. The summed E-state index contributed by atoms with van der Waals surface area (Å²) in [6.45, 7) is 10.2. The molecule has 4 aromatic rings. The van der Waals surface area contributed by atoms with Gasteiger partial charge in [0.1, 0.15) is 5.82 Å². The molecule has 0 unspecified atom stereocenters. The third-order valence-electron chi connectivity index (χ3n) is 5.13. The molecule has 2 heterocycles. The number of aryl methyl sites for hydroxylation is 5. The van der Waals surface area contributed by atoms with E-state index in [1.54, 1.807) is 16.0 Å². The van der Waals surface area contributed by atoms with Gasteiger partial charge in [-0.1, -0.05) is 35.1 Å². The van der Waals surface area contributed by atoms with E-state index in [1.807, 2.05) is 26.8 Å². The highest BCUT2D eigenvalue weighted by Crippen LogP contribution is 2.29. The summed E-state index contributed by atoms with van der Waals surface area (Å²) in [5.41, 5.74) is 7.55. The number of rotatable bonds is 4. The number of carbonyl (C=O) groups is 1. The van der Waals surface area contributed by atoms with Crippen molar-refractivity contribution in [1.82, 2.24) is 14.8 Å². The lowest BCUT2D eigenvalue weighted by atomic mass is 10.0. The topological polar surface area (TPSA) is 59.8 Å². The molecule has 29 heavy (non-hydrogen) atoms. The maximum atomic E-state index is 12.7. The Labute approximate surface area is 174 Å². The van der Waals surface area contributed by atoms with Gasteiger partial charge in [0, 0.05) is 6.07 Å². The van der Waals surface area contributed by atoms with Gasteiger partial charge in [-0.25, -0.2) is 4.98 Å². The van der Waals surface area contributed by atoms with Crippen molar-refractivity contribution in [3.8, 4) is 5.13 Å². The van der Waals surface area contributed by atoms with Gasteiger partial charge in [-0.05, 0) is 69.0 Å². The van der Waals surface area contributed by atoms with E-state index in [2.05, 4.69) is 54.6 Å². The summed E-state index contributed by atoms with van der Waals surface area (Å²) in [5.74, 6) is 0.581. The van der Waals surface area contributed by atoms with Gasteiger partial charge in [-0.3, -0.25) is 4.79 Å². The number of anilines is 1. The van der Waals surface area contributed by atoms with Crippen molar-refractivity contribution in [2.45, 2.75) is 41.0 Å². The molecule has 148 valence electrons. The molecule has 0 aliphatic carbocycles. The van der Waals surface area contributed by atoms with Crippen LogP contribution in [0.4, 0.5) is 5.82 Å². The Kier molecular flexibility index (Phi) is 4.96. The van der Waals surface area contributed by atoms with Gasteiger partial charge in [-0.15, -0.1) is 0 Å². The van der Waals surface area contributed by atoms with Crippen LogP contribution in [0.25, 0.3) is 15.3 Å². The number of fused-ring (bicyclic) bond motifs is 1. The van der Waals surface area contributed by atoms with E-state index in [1.165, 1.54) is 11.1 Å². The molecule has 0 saturated carbocycles. The van der Waals surface area contributed by atoms with Gasteiger partial charge in [0.05, 0.1) is 22.3 Å². The van der Waals surface area contributed by atoms with Crippen LogP contribution in [-0.4, -0.2) is 20.7 Å². The highest BCUT2D eigenvalue weighted by Gasteiger charge is 2.16. The molecule has 2 aromatic heterocycles. The van der Waals surface area contributed by atoms with Crippen molar-refractivity contribution in [3.63, 3.8) is 0 Å². The molecule has 0 aliphatic rings. The number of nitrogens with one attached hydrogen (secondary N) is 1. The molecule has 1 amide bonds. The lowest BCUT2D eigenvalue weighted by Crippen LogP contribution is -2.17. The Hall–Kier alpha value is -2.99. The molecule has 0 spiro atoms. The second-order valence-corrected chi connectivity index (χ2v) is 8.65. The van der Waals surface area contributed by atoms with E-state index in [4.69, 9.17) is 4.98 Å². The minimum atomic E-state index is -0.0624. The average molecular weight is 405 g/mol. The molecule has 2 aromatic carbocycles. The van der Waals surface area contributed by atoms with Crippen molar-refractivity contribution in [2.75, 3.05) is 5.32 Å². The minimum Gasteiger partial charge on any atom is -0.310 e. The number of amides is 1. The number of benzene rings is 2. The van der Waals surface area contributed by atoms with Gasteiger partial charge >= 0.3 is 0 Å². The van der Waals surface area contributed by atoms with Crippen molar-refractivity contribution in [2.24, 2.45) is 0 Å². The number of thiazole rings is 1. The van der Waals surface area contributed by atoms with Crippen molar-refractivity contribution < 1.29 is 4.79 Å². The zero-order chi connectivity index (χ0) is 20.7. The fraction of sp³-hybridized carbons (Fsp3) is 0.261. The summed E-state index contributed by atoms with van der Waals surface area (Å²) in [5, 5.41) is 8.33. The van der Waals surface area contributed by atoms with E-state index < -0.39 is 0 Å². The average Bonchev–Trinajstić information content (AvgIpc) is 3.21. The van der Waals surface area contributed by atoms with Gasteiger partial charge in [0.25, 0.3) is 0 Å². The number of hydrogen-bond acceptors (Lipinski definition) is 4. The SMILES string of the molecule is Cc1ccc(C)c(CC(=O)Nc2cc(C)nn2-c2nc3cc(C)c(C)cc3s2)c1. The van der Waals surface area contributed by atoms with Crippen molar-refractivity contribution >= 4 is 33.3 Å². The maximum Gasteiger partial charge on any atom is 0.229 e. The van der Waals surface area contributed by atoms with Crippen LogP contribution in [0.3, 0.4) is 0 Å². The van der Waals surface area contributed by atoms with Gasteiger partial charge in [0.2, 0.25) is 11.0 Å². The molecule has 5 nitrogen and oxygen atoms in total. The molecule has 0 fully saturated rings. The Morgan fingerprint density at radius 1 is 1.00 bits per heavy atom. The summed E-state index contributed by atoms with van der Waals surface area (Å²) in [6, 6.07) is 12.3. The predicted octanol–water partition coefficient (Wildman–Crippen LogP) is 5.21. The van der Waals surface area contributed by atoms with Crippen molar-refractivity contribution in [3.05, 3.63) is 69.9 Å². The Morgan fingerprint density at radius 3 is 2.55 bits per heavy atom. The van der Waals surface area contributed by atoms with Crippen LogP contribution in [0.5, 0.6) is 0 Å². The molecule has 1 N–H and O–H groups in total. The highest BCUT2D eigenvalue weighted by atomic mass is 32.1. The predicted molar refractivity (Wildman–Crippen MR) is 119 cm³/mol. The zero-order valence-corrected chi connectivity index (χ0v) is 18.1. The Bertz CT molecular complexity index is 1200. The normalized spacial score (nSPS) is 11.2. The third-order valence-corrected chi connectivity index (χ3v) is 6.12. The lowest BCUT2D eigenvalue weighted by molar-refractivity contribution is -0.115. The lowest BCUT2D eigenvalue weighted by Gasteiger charge is -2.09. The summed E-state index contributed by atoms with van der Waals surface area (Å²) in [7, 11) is 0. The summed E-state index contributed by atoms with van der Waals surface area (Å²) in [6.07, 6.45) is 0.329. The van der Waals surface area contributed by atoms with Crippen LogP contribution in [0.15, 0.2) is 36.4 Å². The summed E-state index contributed by atoms with van der Waals surface area (Å²) >= 11 is 1.57. The first kappa shape index (κ1) is 19.3.